The van der Waals surface area contributed by atoms with Gasteiger partial charge in [-0.15, -0.1) is 0 Å². The number of benzene rings is 8. The van der Waals surface area contributed by atoms with Crippen molar-refractivity contribution in [2.45, 2.75) is 6.17 Å². The molecule has 0 fully saturated rings. The van der Waals surface area contributed by atoms with Gasteiger partial charge in [0.15, 0.2) is 12.0 Å². The second-order valence-corrected chi connectivity index (χ2v) is 13.3. The molecule has 1 aliphatic rings. The number of aliphatic imine (C=N–C) groups is 2. The van der Waals surface area contributed by atoms with Gasteiger partial charge < -0.3 is 14.2 Å². The summed E-state index contributed by atoms with van der Waals surface area (Å²) >= 11 is 0. The second kappa shape index (κ2) is 11.3. The van der Waals surface area contributed by atoms with Gasteiger partial charge in [0.25, 0.3) is 0 Å². The van der Waals surface area contributed by atoms with E-state index in [1.807, 2.05) is 48.5 Å². The zero-order valence-corrected chi connectivity index (χ0v) is 27.9. The van der Waals surface area contributed by atoms with Crippen LogP contribution in [0.15, 0.2) is 183 Å². The van der Waals surface area contributed by atoms with Crippen LogP contribution in [-0.4, -0.2) is 11.7 Å². The van der Waals surface area contributed by atoms with Gasteiger partial charge in [-0.2, -0.15) is 0 Å². The lowest BCUT2D eigenvalue weighted by atomic mass is 9.92. The van der Waals surface area contributed by atoms with Crippen molar-refractivity contribution in [2.24, 2.45) is 9.98 Å². The molecular weight excluding hydrogens is 639 g/mol. The quantitative estimate of drug-likeness (QED) is 0.190. The molecule has 52 heavy (non-hydrogen) atoms. The van der Waals surface area contributed by atoms with Gasteiger partial charge in [-0.3, -0.25) is 0 Å². The van der Waals surface area contributed by atoms with Gasteiger partial charge in [0.05, 0.1) is 0 Å². The average Bonchev–Trinajstić information content (AvgIpc) is 3.79. The number of fused-ring (bicyclic) bond motifs is 9. The summed E-state index contributed by atoms with van der Waals surface area (Å²) in [5, 5.41) is 12.7. The minimum atomic E-state index is -0.476. The molecule has 5 heteroatoms. The van der Waals surface area contributed by atoms with Crippen LogP contribution in [0.2, 0.25) is 0 Å². The molecule has 1 aliphatic heterocycles. The van der Waals surface area contributed by atoms with E-state index in [2.05, 4.69) is 121 Å². The summed E-state index contributed by atoms with van der Waals surface area (Å²) in [5.74, 6) is 1.37. The van der Waals surface area contributed by atoms with Gasteiger partial charge in [-0.05, 0) is 63.0 Å². The van der Waals surface area contributed by atoms with Crippen molar-refractivity contribution in [1.29, 1.82) is 0 Å². The molecule has 0 saturated heterocycles. The monoisotopic (exact) mass is 667 g/mol. The number of furan rings is 2. The summed E-state index contributed by atoms with van der Waals surface area (Å²) < 4.78 is 13.0. The van der Waals surface area contributed by atoms with Gasteiger partial charge in [-0.1, -0.05) is 133 Å². The van der Waals surface area contributed by atoms with E-state index in [4.69, 9.17) is 18.8 Å². The van der Waals surface area contributed by atoms with Crippen molar-refractivity contribution < 1.29 is 8.83 Å². The molecule has 0 spiro atoms. The summed E-state index contributed by atoms with van der Waals surface area (Å²) in [6.07, 6.45) is -0.476. The fourth-order valence-electron chi connectivity index (χ4n) is 7.92. The maximum Gasteiger partial charge on any atom is 0.160 e. The van der Waals surface area contributed by atoms with Crippen LogP contribution in [0.3, 0.4) is 0 Å². The molecule has 10 aromatic rings. The van der Waals surface area contributed by atoms with Gasteiger partial charge in [0, 0.05) is 38.2 Å². The van der Waals surface area contributed by atoms with Crippen LogP contribution in [0.4, 0.5) is 0 Å². The smallest absolute Gasteiger partial charge is 0.160 e. The molecular formula is C47H29N3O2. The van der Waals surface area contributed by atoms with Crippen LogP contribution < -0.4 is 5.32 Å². The fraction of sp³-hybridized carbons (Fsp3) is 0.0213. The highest BCUT2D eigenvalue weighted by Crippen LogP contribution is 2.41. The highest BCUT2D eigenvalue weighted by molar-refractivity contribution is 6.25. The number of hydrogen-bond acceptors (Lipinski definition) is 5. The molecule has 0 radical (unpaired) electrons. The maximum absolute atomic E-state index is 6.53. The zero-order valence-electron chi connectivity index (χ0n) is 27.9. The maximum atomic E-state index is 6.53. The van der Waals surface area contributed by atoms with Crippen molar-refractivity contribution in [3.8, 4) is 11.1 Å². The van der Waals surface area contributed by atoms with Crippen molar-refractivity contribution in [2.75, 3.05) is 0 Å². The number of hydrogen-bond donors (Lipinski definition) is 1. The van der Waals surface area contributed by atoms with Crippen LogP contribution in [0.1, 0.15) is 22.9 Å². The van der Waals surface area contributed by atoms with Gasteiger partial charge in [0.2, 0.25) is 0 Å². The first-order valence-corrected chi connectivity index (χ1v) is 17.5. The number of amidine groups is 2. The summed E-state index contributed by atoms with van der Waals surface area (Å²) in [4.78, 5) is 10.8. The van der Waals surface area contributed by atoms with Gasteiger partial charge in [-0.25, -0.2) is 9.98 Å². The zero-order chi connectivity index (χ0) is 34.2. The van der Waals surface area contributed by atoms with Crippen LogP contribution >= 0.6 is 0 Å². The molecule has 0 saturated carbocycles. The lowest BCUT2D eigenvalue weighted by Crippen LogP contribution is -2.33. The summed E-state index contributed by atoms with van der Waals surface area (Å²) in [6.45, 7) is 0. The Morgan fingerprint density at radius 2 is 1.19 bits per heavy atom. The number of nitrogens with zero attached hydrogens (tertiary/aromatic N) is 2. The SMILES string of the molecule is c1ccc(C2=NC(c3c(-c4ccc5c(ccc6ccccc65)c4)ccc4oc5ccccc5c34)=NC(c3cccc4c3oc3ccccc34)N2)cc1. The highest BCUT2D eigenvalue weighted by atomic mass is 16.3. The van der Waals surface area contributed by atoms with Crippen molar-refractivity contribution >= 4 is 77.1 Å². The topological polar surface area (TPSA) is 63.0 Å². The van der Waals surface area contributed by atoms with E-state index in [1.54, 1.807) is 0 Å². The highest BCUT2D eigenvalue weighted by Gasteiger charge is 2.28. The molecule has 1 N–H and O–H groups in total. The van der Waals surface area contributed by atoms with Crippen LogP contribution in [0.5, 0.6) is 0 Å². The van der Waals surface area contributed by atoms with E-state index < -0.39 is 6.17 Å². The molecule has 1 unspecified atom stereocenters. The Balaban J connectivity index is 1.20. The molecule has 8 aromatic carbocycles. The predicted octanol–water partition coefficient (Wildman–Crippen LogP) is 12.0. The van der Waals surface area contributed by atoms with E-state index in [1.165, 1.54) is 21.5 Å². The fourth-order valence-corrected chi connectivity index (χ4v) is 7.92. The normalized spacial score (nSPS) is 14.7. The molecule has 0 aliphatic carbocycles. The Kier molecular flexibility index (Phi) is 6.25. The molecule has 5 nitrogen and oxygen atoms in total. The van der Waals surface area contributed by atoms with E-state index in [-0.39, 0.29) is 0 Å². The molecule has 0 bridgehead atoms. The van der Waals surface area contributed by atoms with Crippen LogP contribution in [0.25, 0.3) is 76.5 Å². The summed E-state index contributed by atoms with van der Waals surface area (Å²) in [5.41, 5.74) is 8.24. The molecule has 3 heterocycles. The number of para-hydroxylation sites is 3. The minimum Gasteiger partial charge on any atom is -0.456 e. The van der Waals surface area contributed by atoms with E-state index in [9.17, 15) is 0 Å². The third-order valence-corrected chi connectivity index (χ3v) is 10.3. The first-order valence-electron chi connectivity index (χ1n) is 17.5. The van der Waals surface area contributed by atoms with Crippen molar-refractivity contribution in [1.82, 2.24) is 5.32 Å². The minimum absolute atomic E-state index is 0.476. The van der Waals surface area contributed by atoms with Gasteiger partial charge >= 0.3 is 0 Å². The van der Waals surface area contributed by atoms with Gasteiger partial charge in [0.1, 0.15) is 28.2 Å². The number of nitrogens with one attached hydrogen (secondary N) is 1. The van der Waals surface area contributed by atoms with Crippen LogP contribution in [0, 0.1) is 0 Å². The first-order chi connectivity index (χ1) is 25.8. The molecule has 2 aromatic heterocycles. The Bertz CT molecular complexity index is 3110. The molecule has 11 rings (SSSR count). The third-order valence-electron chi connectivity index (χ3n) is 10.3. The first kappa shape index (κ1) is 28.8. The Labute approximate surface area is 298 Å². The Morgan fingerprint density at radius 1 is 0.481 bits per heavy atom. The molecule has 1 atom stereocenters. The lowest BCUT2D eigenvalue weighted by Gasteiger charge is -2.25. The van der Waals surface area contributed by atoms with E-state index in [0.29, 0.717) is 5.84 Å². The predicted molar refractivity (Wildman–Crippen MR) is 213 cm³/mol. The van der Waals surface area contributed by atoms with Crippen molar-refractivity contribution in [3.63, 3.8) is 0 Å². The molecule has 0 amide bonds. The average molecular weight is 668 g/mol. The van der Waals surface area contributed by atoms with E-state index in [0.717, 1.165) is 77.5 Å². The molecule has 244 valence electrons. The number of rotatable bonds is 4. The second-order valence-electron chi connectivity index (χ2n) is 13.3. The summed E-state index contributed by atoms with van der Waals surface area (Å²) in [7, 11) is 0. The van der Waals surface area contributed by atoms with E-state index >= 15 is 0 Å². The van der Waals surface area contributed by atoms with Crippen molar-refractivity contribution in [3.05, 3.63) is 180 Å². The largest absolute Gasteiger partial charge is 0.456 e. The Morgan fingerprint density at radius 3 is 2.08 bits per heavy atom. The summed E-state index contributed by atoms with van der Waals surface area (Å²) in [6, 6.07) is 56.9. The lowest BCUT2D eigenvalue weighted by molar-refractivity contribution is 0.628. The van der Waals surface area contributed by atoms with Crippen LogP contribution in [-0.2, 0) is 0 Å². The Hall–Kier alpha value is -6.98. The standard InChI is InChI=1S/C47H29N3O2/c1-2-12-29(13-3-1)45-48-46(38-18-10-17-36-35-15-6-8-19-39(35)52-44(36)38)50-47(49-45)43-34(25-26-41-42(43)37-16-7-9-20-40(37)51-41)31-23-24-33-30(27-31)22-21-28-11-4-5-14-32(28)33/h1-27,46H,(H,48,49,50). The third kappa shape index (κ3) is 4.42.